The molecule has 0 saturated carbocycles. The molecule has 0 spiro atoms. The fraction of sp³-hybridized carbons (Fsp3) is 0. The van der Waals surface area contributed by atoms with Crippen molar-refractivity contribution >= 4 is 53.9 Å². The van der Waals surface area contributed by atoms with Crippen molar-refractivity contribution in [2.75, 3.05) is 0 Å². The van der Waals surface area contributed by atoms with Gasteiger partial charge in [0.25, 0.3) is 0 Å². The molecule has 0 saturated heterocycles. The molecule has 0 amide bonds. The molecule has 13 rings (SSSR count). The minimum Gasteiger partial charge on any atom is -0.256 e. The van der Waals surface area contributed by atoms with Crippen molar-refractivity contribution in [3.8, 4) is 78.8 Å². The number of hydrogen-bond donors (Lipinski definition) is 0. The van der Waals surface area contributed by atoms with Crippen LogP contribution in [0.1, 0.15) is 0 Å². The maximum Gasteiger partial charge on any atom is 0.164 e. The smallest absolute Gasteiger partial charge is 0.164 e. The van der Waals surface area contributed by atoms with Crippen LogP contribution in [0.25, 0.3) is 133 Å². The molecule has 0 N–H and O–H groups in total. The molecular weight excluding hydrogens is 825 g/mol. The van der Waals surface area contributed by atoms with E-state index in [2.05, 4.69) is 231 Å². The van der Waals surface area contributed by atoms with Crippen LogP contribution >= 0.6 is 0 Å². The highest BCUT2D eigenvalue weighted by Gasteiger charge is 2.19. The topological polar surface area (TPSA) is 51.6 Å². The standard InChI is InChI=1S/C64H40N4/c1-5-22-50-42(15-1)19-11-28-57(50)61-54(31-14-36-65-61)45-34-32-41(33-35-45)47-37-48(60-40-46-18-4-8-25-53(46)55-26-9-10-27-56(55)60)39-49(38-47)62-66-63(58-29-12-20-43-16-2-6-23-51(43)58)68-64(67-62)59-30-13-21-44-17-3-7-24-52(44)59/h1-40H. The van der Waals surface area contributed by atoms with E-state index in [9.17, 15) is 0 Å². The Hall–Kier alpha value is -9.12. The van der Waals surface area contributed by atoms with Crippen LogP contribution in [-0.4, -0.2) is 19.9 Å². The van der Waals surface area contributed by atoms with Crippen LogP contribution in [0, 0.1) is 0 Å². The Labute approximate surface area is 393 Å². The number of pyridine rings is 1. The van der Waals surface area contributed by atoms with Crippen LogP contribution in [0.15, 0.2) is 243 Å². The van der Waals surface area contributed by atoms with Crippen molar-refractivity contribution in [3.05, 3.63) is 243 Å². The van der Waals surface area contributed by atoms with Gasteiger partial charge in [-0.3, -0.25) is 4.98 Å². The van der Waals surface area contributed by atoms with Crippen LogP contribution in [0.4, 0.5) is 0 Å². The monoisotopic (exact) mass is 864 g/mol. The molecule has 0 aliphatic rings. The molecule has 0 aliphatic carbocycles. The average molecular weight is 865 g/mol. The summed E-state index contributed by atoms with van der Waals surface area (Å²) in [5, 5.41) is 11.6. The van der Waals surface area contributed by atoms with Crippen LogP contribution < -0.4 is 0 Å². The maximum absolute atomic E-state index is 5.40. The van der Waals surface area contributed by atoms with Gasteiger partial charge in [0.15, 0.2) is 17.5 Å². The molecule has 0 atom stereocenters. The first-order valence-corrected chi connectivity index (χ1v) is 23.0. The lowest BCUT2D eigenvalue weighted by Gasteiger charge is -2.16. The van der Waals surface area contributed by atoms with E-state index in [0.717, 1.165) is 82.9 Å². The molecule has 68 heavy (non-hydrogen) atoms. The van der Waals surface area contributed by atoms with Gasteiger partial charge in [-0.15, -0.1) is 0 Å². The Balaban J connectivity index is 1.03. The van der Waals surface area contributed by atoms with Crippen molar-refractivity contribution in [1.29, 1.82) is 0 Å². The van der Waals surface area contributed by atoms with Crippen molar-refractivity contribution in [2.24, 2.45) is 0 Å². The first-order chi connectivity index (χ1) is 33.7. The maximum atomic E-state index is 5.40. The van der Waals surface area contributed by atoms with Gasteiger partial charge in [0.05, 0.1) is 5.69 Å². The molecular formula is C64H40N4. The average Bonchev–Trinajstić information content (AvgIpc) is 3.42. The lowest BCUT2D eigenvalue weighted by Crippen LogP contribution is -2.01. The minimum atomic E-state index is 0.603. The van der Waals surface area contributed by atoms with Gasteiger partial charge in [-0.25, -0.2) is 15.0 Å². The SMILES string of the molecule is c1cnc(-c2cccc3ccccc23)c(-c2ccc(-c3cc(-c4nc(-c5cccc6ccccc56)nc(-c5cccc6ccccc56)n4)cc(-c4cc5ccccc5c5ccccc45)c3)cc2)c1. The second-order valence-electron chi connectivity index (χ2n) is 17.4. The quantitative estimate of drug-likeness (QED) is 0.150. The molecule has 0 unspecified atom stereocenters. The molecule has 13 aromatic rings. The summed E-state index contributed by atoms with van der Waals surface area (Å²) >= 11 is 0. The van der Waals surface area contributed by atoms with E-state index in [0.29, 0.717) is 17.5 Å². The molecule has 2 aromatic heterocycles. The van der Waals surface area contributed by atoms with Crippen LogP contribution in [0.2, 0.25) is 0 Å². The number of nitrogens with zero attached hydrogens (tertiary/aromatic N) is 4. The molecule has 11 aromatic carbocycles. The molecule has 0 radical (unpaired) electrons. The van der Waals surface area contributed by atoms with E-state index in [-0.39, 0.29) is 0 Å². The highest BCUT2D eigenvalue weighted by atomic mass is 15.0. The van der Waals surface area contributed by atoms with E-state index in [1.54, 1.807) is 0 Å². The Morgan fingerprint density at radius 2 is 0.662 bits per heavy atom. The molecule has 0 bridgehead atoms. The number of hydrogen-bond acceptors (Lipinski definition) is 4. The van der Waals surface area contributed by atoms with Crippen molar-refractivity contribution in [3.63, 3.8) is 0 Å². The summed E-state index contributed by atoms with van der Waals surface area (Å²) in [5.41, 5.74) is 11.4. The zero-order valence-corrected chi connectivity index (χ0v) is 36.9. The highest BCUT2D eigenvalue weighted by Crippen LogP contribution is 2.41. The van der Waals surface area contributed by atoms with Gasteiger partial charge in [0.2, 0.25) is 0 Å². The number of benzene rings is 11. The third kappa shape index (κ3) is 6.86. The number of rotatable bonds is 7. The van der Waals surface area contributed by atoms with Crippen LogP contribution in [0.3, 0.4) is 0 Å². The van der Waals surface area contributed by atoms with Crippen LogP contribution in [0.5, 0.6) is 0 Å². The van der Waals surface area contributed by atoms with E-state index >= 15 is 0 Å². The number of fused-ring (bicyclic) bond motifs is 6. The Kier molecular flexibility index (Phi) is 9.47. The molecule has 2 heterocycles. The summed E-state index contributed by atoms with van der Waals surface area (Å²) in [6.07, 6.45) is 1.89. The van der Waals surface area contributed by atoms with Gasteiger partial charge in [-0.05, 0) is 112 Å². The van der Waals surface area contributed by atoms with E-state index in [4.69, 9.17) is 19.9 Å². The lowest BCUT2D eigenvalue weighted by atomic mass is 9.90. The van der Waals surface area contributed by atoms with Gasteiger partial charge in [0.1, 0.15) is 0 Å². The van der Waals surface area contributed by atoms with Crippen molar-refractivity contribution in [1.82, 2.24) is 19.9 Å². The molecule has 4 nitrogen and oxygen atoms in total. The summed E-state index contributed by atoms with van der Waals surface area (Å²) in [6, 6.07) is 84.2. The Morgan fingerprint density at radius 3 is 1.29 bits per heavy atom. The van der Waals surface area contributed by atoms with Crippen molar-refractivity contribution in [2.45, 2.75) is 0 Å². The predicted molar refractivity (Wildman–Crippen MR) is 283 cm³/mol. The summed E-state index contributed by atoms with van der Waals surface area (Å²) in [4.78, 5) is 21.1. The van der Waals surface area contributed by atoms with E-state index in [1.165, 1.54) is 32.3 Å². The minimum absolute atomic E-state index is 0.603. The zero-order chi connectivity index (χ0) is 45.0. The predicted octanol–water partition coefficient (Wildman–Crippen LogP) is 16.7. The second-order valence-corrected chi connectivity index (χ2v) is 17.4. The first-order valence-electron chi connectivity index (χ1n) is 23.0. The third-order valence-electron chi connectivity index (χ3n) is 13.3. The van der Waals surface area contributed by atoms with E-state index in [1.807, 2.05) is 12.3 Å². The van der Waals surface area contributed by atoms with Gasteiger partial charge < -0.3 is 0 Å². The fourth-order valence-corrected chi connectivity index (χ4v) is 10.1. The summed E-state index contributed by atoms with van der Waals surface area (Å²) < 4.78 is 0. The Morgan fingerprint density at radius 1 is 0.221 bits per heavy atom. The Bertz CT molecular complexity index is 3990. The molecule has 0 aliphatic heterocycles. The highest BCUT2D eigenvalue weighted by molar-refractivity contribution is 6.14. The largest absolute Gasteiger partial charge is 0.256 e. The summed E-state index contributed by atoms with van der Waals surface area (Å²) in [5.74, 6) is 1.85. The fourth-order valence-electron chi connectivity index (χ4n) is 10.1. The third-order valence-corrected chi connectivity index (χ3v) is 13.3. The number of aromatic nitrogens is 4. The van der Waals surface area contributed by atoms with Gasteiger partial charge in [-0.2, -0.15) is 0 Å². The van der Waals surface area contributed by atoms with Gasteiger partial charge in [-0.1, -0.05) is 206 Å². The first kappa shape index (κ1) is 39.3. The summed E-state index contributed by atoms with van der Waals surface area (Å²) in [7, 11) is 0. The van der Waals surface area contributed by atoms with Crippen LogP contribution in [-0.2, 0) is 0 Å². The molecule has 0 fully saturated rings. The van der Waals surface area contributed by atoms with Crippen molar-refractivity contribution < 1.29 is 0 Å². The lowest BCUT2D eigenvalue weighted by molar-refractivity contribution is 1.08. The zero-order valence-electron chi connectivity index (χ0n) is 36.9. The summed E-state index contributed by atoms with van der Waals surface area (Å²) in [6.45, 7) is 0. The normalized spacial score (nSPS) is 11.5. The molecule has 316 valence electrons. The van der Waals surface area contributed by atoms with E-state index < -0.39 is 0 Å². The molecule has 4 heteroatoms. The van der Waals surface area contributed by atoms with Gasteiger partial charge in [0, 0.05) is 34.0 Å². The van der Waals surface area contributed by atoms with Gasteiger partial charge >= 0.3 is 0 Å². The second kappa shape index (κ2) is 16.4.